The molecule has 28 heavy (non-hydrogen) atoms. The van der Waals surface area contributed by atoms with E-state index < -0.39 is 0 Å². The molecule has 0 aliphatic carbocycles. The van der Waals surface area contributed by atoms with Crippen LogP contribution in [0, 0.1) is 13.8 Å². The fourth-order valence-electron chi connectivity index (χ4n) is 3.95. The number of phenolic OH excluding ortho intramolecular Hbond substituents is 2. The van der Waals surface area contributed by atoms with Gasteiger partial charge in [0.15, 0.2) is 0 Å². The lowest BCUT2D eigenvalue weighted by atomic mass is 9.93. The molecule has 0 aromatic heterocycles. The van der Waals surface area contributed by atoms with E-state index in [2.05, 4.69) is 52.0 Å². The molecule has 0 unspecified atom stereocenters. The molecule has 2 nitrogen and oxygen atoms in total. The number of aromatic hydroxyl groups is 2. The number of benzene rings is 2. The second kappa shape index (κ2) is 10.0. The molecule has 2 aromatic rings. The van der Waals surface area contributed by atoms with Crippen LogP contribution in [0.3, 0.4) is 0 Å². The number of unbranched alkanes of at least 4 members (excludes halogenated alkanes) is 3. The van der Waals surface area contributed by atoms with Crippen molar-refractivity contribution in [2.24, 2.45) is 0 Å². The van der Waals surface area contributed by atoms with Crippen LogP contribution in [-0.4, -0.2) is 10.2 Å². The summed E-state index contributed by atoms with van der Waals surface area (Å²) in [5, 5.41) is 20.4. The van der Waals surface area contributed by atoms with Crippen molar-refractivity contribution in [1.29, 1.82) is 0 Å². The lowest BCUT2D eigenvalue weighted by Gasteiger charge is -2.14. The minimum Gasteiger partial charge on any atom is -0.507 e. The molecule has 0 amide bonds. The van der Waals surface area contributed by atoms with E-state index in [4.69, 9.17) is 0 Å². The van der Waals surface area contributed by atoms with Crippen LogP contribution >= 0.6 is 0 Å². The van der Waals surface area contributed by atoms with Gasteiger partial charge in [-0.3, -0.25) is 0 Å². The molecule has 0 bridgehead atoms. The molecule has 0 aliphatic rings. The number of hydrogen-bond donors (Lipinski definition) is 2. The second-order valence-corrected chi connectivity index (χ2v) is 8.92. The van der Waals surface area contributed by atoms with E-state index in [1.165, 1.54) is 36.8 Å². The van der Waals surface area contributed by atoms with Crippen molar-refractivity contribution in [3.63, 3.8) is 0 Å². The zero-order chi connectivity index (χ0) is 20.8. The highest BCUT2D eigenvalue weighted by Gasteiger charge is 2.11. The fraction of sp³-hybridized carbons (Fsp3) is 0.538. The van der Waals surface area contributed by atoms with E-state index in [0.717, 1.165) is 35.1 Å². The topological polar surface area (TPSA) is 40.5 Å². The predicted octanol–water partition coefficient (Wildman–Crippen LogP) is 7.31. The summed E-state index contributed by atoms with van der Waals surface area (Å²) >= 11 is 0. The van der Waals surface area contributed by atoms with E-state index in [0.29, 0.717) is 23.3 Å². The zero-order valence-corrected chi connectivity index (χ0v) is 18.6. The van der Waals surface area contributed by atoms with Crippen LogP contribution in [0.1, 0.15) is 98.6 Å². The van der Waals surface area contributed by atoms with Crippen LogP contribution in [0.4, 0.5) is 0 Å². The van der Waals surface area contributed by atoms with E-state index in [9.17, 15) is 10.2 Å². The van der Waals surface area contributed by atoms with E-state index in [1.807, 2.05) is 13.8 Å². The molecule has 2 aromatic carbocycles. The molecule has 0 spiro atoms. The Kier molecular flexibility index (Phi) is 7.98. The first kappa shape index (κ1) is 22.3. The van der Waals surface area contributed by atoms with Crippen LogP contribution in [-0.2, 0) is 12.8 Å². The minimum atomic E-state index is 0.350. The Balaban J connectivity index is 1.82. The van der Waals surface area contributed by atoms with E-state index in [-0.39, 0.29) is 0 Å². The lowest BCUT2D eigenvalue weighted by Crippen LogP contribution is -1.96. The van der Waals surface area contributed by atoms with Gasteiger partial charge in [0.2, 0.25) is 0 Å². The van der Waals surface area contributed by atoms with E-state index >= 15 is 0 Å². The third kappa shape index (κ3) is 5.77. The maximum atomic E-state index is 10.2. The van der Waals surface area contributed by atoms with Crippen LogP contribution < -0.4 is 0 Å². The van der Waals surface area contributed by atoms with Crippen molar-refractivity contribution in [1.82, 2.24) is 0 Å². The van der Waals surface area contributed by atoms with Crippen LogP contribution in [0.25, 0.3) is 0 Å². The fourth-order valence-corrected chi connectivity index (χ4v) is 3.95. The molecule has 2 heteroatoms. The first-order valence-corrected chi connectivity index (χ1v) is 10.9. The third-order valence-electron chi connectivity index (χ3n) is 5.70. The summed E-state index contributed by atoms with van der Waals surface area (Å²) < 4.78 is 0. The van der Waals surface area contributed by atoms with Gasteiger partial charge in [-0.25, -0.2) is 0 Å². The highest BCUT2D eigenvalue weighted by Crippen LogP contribution is 2.32. The average molecular weight is 383 g/mol. The summed E-state index contributed by atoms with van der Waals surface area (Å²) in [6.45, 7) is 12.5. The second-order valence-electron chi connectivity index (χ2n) is 8.92. The average Bonchev–Trinajstić information content (AvgIpc) is 2.62. The van der Waals surface area contributed by atoms with Crippen LogP contribution in [0.15, 0.2) is 24.3 Å². The Hall–Kier alpha value is -1.96. The largest absolute Gasteiger partial charge is 0.507 e. The van der Waals surface area contributed by atoms with E-state index in [1.54, 1.807) is 0 Å². The van der Waals surface area contributed by atoms with Gasteiger partial charge in [0.1, 0.15) is 11.5 Å². The summed E-state index contributed by atoms with van der Waals surface area (Å²) in [5.74, 6) is 1.62. The number of aryl methyl sites for hydroxylation is 4. The first-order chi connectivity index (χ1) is 13.2. The summed E-state index contributed by atoms with van der Waals surface area (Å²) in [7, 11) is 0. The van der Waals surface area contributed by atoms with Gasteiger partial charge in [-0.15, -0.1) is 0 Å². The molecular formula is C26H38O2. The van der Waals surface area contributed by atoms with Gasteiger partial charge in [-0.05, 0) is 84.7 Å². The van der Waals surface area contributed by atoms with Crippen molar-refractivity contribution in [3.8, 4) is 11.5 Å². The Bertz CT molecular complexity index is 720. The van der Waals surface area contributed by atoms with Gasteiger partial charge in [-0.1, -0.05) is 64.8 Å². The summed E-state index contributed by atoms with van der Waals surface area (Å²) in [6.07, 6.45) is 6.99. The van der Waals surface area contributed by atoms with Gasteiger partial charge >= 0.3 is 0 Å². The monoisotopic (exact) mass is 382 g/mol. The molecule has 0 atom stereocenters. The molecule has 0 heterocycles. The maximum Gasteiger partial charge on any atom is 0.121 e. The molecule has 0 aliphatic heterocycles. The van der Waals surface area contributed by atoms with Crippen LogP contribution in [0.2, 0.25) is 0 Å². The molecule has 0 saturated heterocycles. The van der Waals surface area contributed by atoms with Crippen LogP contribution in [0.5, 0.6) is 11.5 Å². The maximum absolute atomic E-state index is 10.2. The van der Waals surface area contributed by atoms with Crippen molar-refractivity contribution >= 4 is 0 Å². The van der Waals surface area contributed by atoms with Crippen molar-refractivity contribution in [2.75, 3.05) is 0 Å². The Morgan fingerprint density at radius 3 is 1.29 bits per heavy atom. The molecule has 0 fully saturated rings. The number of phenols is 2. The quantitative estimate of drug-likeness (QED) is 0.446. The highest BCUT2D eigenvalue weighted by atomic mass is 16.3. The Morgan fingerprint density at radius 1 is 0.607 bits per heavy atom. The minimum absolute atomic E-state index is 0.350. The summed E-state index contributed by atoms with van der Waals surface area (Å²) in [4.78, 5) is 0. The molecule has 154 valence electrons. The molecule has 2 rings (SSSR count). The lowest BCUT2D eigenvalue weighted by molar-refractivity contribution is 0.459. The number of hydrogen-bond acceptors (Lipinski definition) is 2. The van der Waals surface area contributed by atoms with Gasteiger partial charge in [0.25, 0.3) is 0 Å². The first-order valence-electron chi connectivity index (χ1n) is 10.9. The van der Waals surface area contributed by atoms with Gasteiger partial charge in [-0.2, -0.15) is 0 Å². The Morgan fingerprint density at radius 2 is 0.964 bits per heavy atom. The van der Waals surface area contributed by atoms with Crippen molar-refractivity contribution < 1.29 is 10.2 Å². The molecular weight excluding hydrogens is 344 g/mol. The summed E-state index contributed by atoms with van der Waals surface area (Å²) in [6, 6.07) is 8.63. The molecule has 0 radical (unpaired) electrons. The smallest absolute Gasteiger partial charge is 0.121 e. The predicted molar refractivity (Wildman–Crippen MR) is 120 cm³/mol. The van der Waals surface area contributed by atoms with Gasteiger partial charge in [0.05, 0.1) is 0 Å². The number of rotatable bonds is 9. The SMILES string of the molecule is Cc1cc(CCCCCCc2cc(C)c(O)c(C(C)C)c2)cc(C(C)C)c1O. The normalized spacial score (nSPS) is 11.6. The Labute approximate surface area is 171 Å². The van der Waals surface area contributed by atoms with Crippen molar-refractivity contribution in [3.05, 3.63) is 57.6 Å². The highest BCUT2D eigenvalue weighted by molar-refractivity contribution is 5.45. The van der Waals surface area contributed by atoms with Gasteiger partial charge < -0.3 is 10.2 Å². The van der Waals surface area contributed by atoms with Crippen molar-refractivity contribution in [2.45, 2.75) is 91.9 Å². The molecule has 2 N–H and O–H groups in total. The molecule has 0 saturated carbocycles. The standard InChI is InChI=1S/C26H38O2/c1-17(2)23-15-21(13-19(5)25(23)27)11-9-7-8-10-12-22-14-20(6)26(28)24(16-22)18(3)4/h13-18,27-28H,7-12H2,1-6H3. The summed E-state index contributed by atoms with van der Waals surface area (Å²) in [5.41, 5.74) is 6.80. The zero-order valence-electron chi connectivity index (χ0n) is 18.6. The van der Waals surface area contributed by atoms with Gasteiger partial charge in [0, 0.05) is 0 Å². The third-order valence-corrected chi connectivity index (χ3v) is 5.70.